The second kappa shape index (κ2) is 10.3. The van der Waals surface area contributed by atoms with E-state index in [0.29, 0.717) is 38.4 Å². The molecule has 0 spiro atoms. The zero-order valence-corrected chi connectivity index (χ0v) is 20.8. The van der Waals surface area contributed by atoms with Crippen LogP contribution in [0.4, 0.5) is 13.2 Å². The van der Waals surface area contributed by atoms with E-state index in [1.807, 2.05) is 6.92 Å². The molecule has 1 N–H and O–H groups in total. The summed E-state index contributed by atoms with van der Waals surface area (Å²) in [5.74, 6) is 0.953. The van der Waals surface area contributed by atoms with Gasteiger partial charge in [0.05, 0.1) is 29.0 Å². The zero-order chi connectivity index (χ0) is 26.0. The molecule has 5 nitrogen and oxygen atoms in total. The normalized spacial score (nSPS) is 14.7. The number of allylic oxidation sites excluding steroid dienone is 2. The topological polar surface area (TPSA) is 63.9 Å². The summed E-state index contributed by atoms with van der Waals surface area (Å²) < 4.78 is 49.9. The number of hydrogen-bond acceptors (Lipinski definition) is 5. The number of nitrogens with zero attached hydrogens (tertiary/aromatic N) is 2. The molecule has 3 rings (SSSR count). The van der Waals surface area contributed by atoms with Crippen molar-refractivity contribution >= 4 is 28.4 Å². The first-order valence-electron chi connectivity index (χ1n) is 10.8. The van der Waals surface area contributed by atoms with Gasteiger partial charge in [-0.15, -0.1) is 0 Å². The Morgan fingerprint density at radius 1 is 1.14 bits per heavy atom. The van der Waals surface area contributed by atoms with Gasteiger partial charge in [-0.05, 0) is 62.2 Å². The Hall–Kier alpha value is -3.10. The number of alkyl halides is 3. The molecule has 0 aliphatic carbocycles. The number of ether oxygens (including phenoxy) is 2. The molecular formula is C26H26ClF3N2O3. The molecular weight excluding hydrogens is 481 g/mol. The van der Waals surface area contributed by atoms with Crippen LogP contribution < -0.4 is 4.74 Å². The largest absolute Gasteiger partial charge is 0.481 e. The third-order valence-electron chi connectivity index (χ3n) is 5.68. The number of hydrogen-bond donors (Lipinski definition) is 1. The molecule has 35 heavy (non-hydrogen) atoms. The number of halogens is 4. The summed E-state index contributed by atoms with van der Waals surface area (Å²) in [6.45, 7) is 5.13. The van der Waals surface area contributed by atoms with Crippen molar-refractivity contribution in [1.82, 2.24) is 4.98 Å². The van der Waals surface area contributed by atoms with Gasteiger partial charge < -0.3 is 14.6 Å². The average molecular weight is 507 g/mol. The van der Waals surface area contributed by atoms with Gasteiger partial charge in [0.25, 0.3) is 0 Å². The molecule has 1 heterocycles. The van der Waals surface area contributed by atoms with Crippen LogP contribution in [0.3, 0.4) is 0 Å². The van der Waals surface area contributed by atoms with Crippen molar-refractivity contribution in [3.05, 3.63) is 81.6 Å². The van der Waals surface area contributed by atoms with Crippen LogP contribution in [0.2, 0.25) is 5.02 Å². The highest BCUT2D eigenvalue weighted by atomic mass is 35.5. The van der Waals surface area contributed by atoms with Crippen LogP contribution in [-0.4, -0.2) is 30.1 Å². The van der Waals surface area contributed by atoms with E-state index in [-0.39, 0.29) is 18.2 Å². The van der Waals surface area contributed by atoms with E-state index < -0.39 is 17.3 Å². The molecule has 0 saturated heterocycles. The Morgan fingerprint density at radius 2 is 1.77 bits per heavy atom. The van der Waals surface area contributed by atoms with E-state index in [0.717, 1.165) is 12.1 Å². The molecule has 1 unspecified atom stereocenters. The summed E-state index contributed by atoms with van der Waals surface area (Å²) in [5, 5.41) is 12.1. The van der Waals surface area contributed by atoms with Crippen molar-refractivity contribution in [1.29, 1.82) is 0 Å². The molecule has 0 fully saturated rings. The van der Waals surface area contributed by atoms with Crippen LogP contribution in [0.25, 0.3) is 10.9 Å². The molecule has 0 bridgehead atoms. The fourth-order valence-corrected chi connectivity index (χ4v) is 3.88. The van der Waals surface area contributed by atoms with Gasteiger partial charge in [0, 0.05) is 24.4 Å². The zero-order valence-electron chi connectivity index (χ0n) is 20.0. The minimum absolute atomic E-state index is 0.107. The fraction of sp³-hybridized carbons (Fsp3) is 0.308. The van der Waals surface area contributed by atoms with Gasteiger partial charge in [0.15, 0.2) is 5.60 Å². The number of fused-ring (bicyclic) bond motifs is 1. The Labute approximate surface area is 206 Å². The molecule has 1 atom stereocenters. The van der Waals surface area contributed by atoms with Gasteiger partial charge in [-0.3, -0.25) is 4.99 Å². The number of aromatic nitrogens is 1. The Morgan fingerprint density at radius 3 is 2.31 bits per heavy atom. The molecule has 0 radical (unpaired) electrons. The van der Waals surface area contributed by atoms with Crippen LogP contribution >= 0.6 is 11.6 Å². The Balaban J connectivity index is 2.07. The molecule has 1 aromatic heterocycles. The van der Waals surface area contributed by atoms with Crippen LogP contribution in [0.5, 0.6) is 5.88 Å². The summed E-state index contributed by atoms with van der Waals surface area (Å²) in [6, 6.07) is 9.94. The maximum absolute atomic E-state index is 12.9. The van der Waals surface area contributed by atoms with Crippen molar-refractivity contribution in [2.24, 2.45) is 4.99 Å². The predicted molar refractivity (Wildman–Crippen MR) is 131 cm³/mol. The highest BCUT2D eigenvalue weighted by molar-refractivity contribution is 6.36. The minimum Gasteiger partial charge on any atom is -0.481 e. The van der Waals surface area contributed by atoms with Crippen molar-refractivity contribution in [2.45, 2.75) is 39.0 Å². The van der Waals surface area contributed by atoms with Gasteiger partial charge in [-0.1, -0.05) is 29.8 Å². The SMILES string of the molecule is C/C=C(/C)O/C(=N/C)C(C)(O)c1ccc2nc(OC)c(Cc3ccc(C(F)(F)F)cc3)c(Cl)c2c1. The highest BCUT2D eigenvalue weighted by Gasteiger charge is 2.33. The molecule has 186 valence electrons. The second-order valence-corrected chi connectivity index (χ2v) is 8.50. The summed E-state index contributed by atoms with van der Waals surface area (Å²) >= 11 is 6.77. The van der Waals surface area contributed by atoms with Crippen LogP contribution in [0.1, 0.15) is 43.0 Å². The van der Waals surface area contributed by atoms with Crippen molar-refractivity contribution in [2.75, 3.05) is 14.2 Å². The van der Waals surface area contributed by atoms with E-state index in [1.54, 1.807) is 38.1 Å². The van der Waals surface area contributed by atoms with Crippen LogP contribution in [0, 0.1) is 0 Å². The summed E-state index contributed by atoms with van der Waals surface area (Å²) in [6.07, 6.45) is -2.46. The molecule has 0 amide bonds. The minimum atomic E-state index is -4.42. The van der Waals surface area contributed by atoms with Gasteiger partial charge in [0.2, 0.25) is 11.8 Å². The molecule has 3 aromatic rings. The third-order valence-corrected chi connectivity index (χ3v) is 6.11. The summed E-state index contributed by atoms with van der Waals surface area (Å²) in [4.78, 5) is 8.62. The number of aliphatic hydroxyl groups is 1. The second-order valence-electron chi connectivity index (χ2n) is 8.12. The monoisotopic (exact) mass is 506 g/mol. The predicted octanol–water partition coefficient (Wildman–Crippen LogP) is 6.68. The lowest BCUT2D eigenvalue weighted by atomic mass is 9.93. The third kappa shape index (κ3) is 5.60. The standard InChI is InChI=1S/C26H26ClF3N2O3/c1-6-15(2)35-24(31-4)25(3,33)18-11-12-21-19(14-18)22(27)20(23(32-21)34-5)13-16-7-9-17(10-8-16)26(28,29)30/h6-12,14,33H,13H2,1-5H3/b15-6-,31-24+. The van der Waals surface area contributed by atoms with E-state index in [4.69, 9.17) is 21.1 Å². The Bertz CT molecular complexity index is 1280. The first-order valence-corrected chi connectivity index (χ1v) is 11.1. The van der Waals surface area contributed by atoms with Gasteiger partial charge in [0.1, 0.15) is 0 Å². The van der Waals surface area contributed by atoms with E-state index in [9.17, 15) is 18.3 Å². The van der Waals surface area contributed by atoms with Gasteiger partial charge in [-0.25, -0.2) is 4.98 Å². The van der Waals surface area contributed by atoms with Crippen LogP contribution in [0.15, 0.2) is 59.3 Å². The van der Waals surface area contributed by atoms with Gasteiger partial charge in [-0.2, -0.15) is 13.2 Å². The lowest BCUT2D eigenvalue weighted by Crippen LogP contribution is -2.34. The molecule has 0 aliphatic heterocycles. The van der Waals surface area contributed by atoms with Crippen molar-refractivity contribution < 1.29 is 27.8 Å². The number of aliphatic imine (C=N–C) groups is 1. The number of pyridine rings is 1. The maximum Gasteiger partial charge on any atom is 0.416 e. The van der Waals surface area contributed by atoms with Crippen LogP contribution in [-0.2, 0) is 22.9 Å². The quantitative estimate of drug-likeness (QED) is 0.230. The first-order chi connectivity index (χ1) is 16.4. The highest BCUT2D eigenvalue weighted by Crippen LogP contribution is 2.37. The number of rotatable bonds is 6. The number of benzene rings is 2. The first kappa shape index (κ1) is 26.5. The summed E-state index contributed by atoms with van der Waals surface area (Å²) in [5.41, 5.74) is -0.162. The molecule has 0 saturated carbocycles. The average Bonchev–Trinajstić information content (AvgIpc) is 2.83. The van der Waals surface area contributed by atoms with Crippen molar-refractivity contribution in [3.63, 3.8) is 0 Å². The van der Waals surface area contributed by atoms with Crippen molar-refractivity contribution in [3.8, 4) is 5.88 Å². The smallest absolute Gasteiger partial charge is 0.416 e. The van der Waals surface area contributed by atoms with Gasteiger partial charge >= 0.3 is 6.18 Å². The Kier molecular flexibility index (Phi) is 7.77. The molecule has 0 aliphatic rings. The number of methoxy groups -OCH3 is 1. The lowest BCUT2D eigenvalue weighted by molar-refractivity contribution is -0.137. The summed E-state index contributed by atoms with van der Waals surface area (Å²) in [7, 11) is 2.97. The van der Waals surface area contributed by atoms with E-state index in [1.165, 1.54) is 26.3 Å². The maximum atomic E-state index is 12.9. The van der Waals surface area contributed by atoms with E-state index >= 15 is 0 Å². The van der Waals surface area contributed by atoms with E-state index in [2.05, 4.69) is 9.98 Å². The molecule has 2 aromatic carbocycles. The fourth-order valence-electron chi connectivity index (χ4n) is 3.58. The molecule has 9 heteroatoms. The lowest BCUT2D eigenvalue weighted by Gasteiger charge is -2.26.